The van der Waals surface area contributed by atoms with Gasteiger partial charge < -0.3 is 15.9 Å². The number of carboxylic acids is 1. The van der Waals surface area contributed by atoms with Crippen LogP contribution in [0.2, 0.25) is 0 Å². The number of aliphatic carboxylic acids is 1. The fourth-order valence-electron chi connectivity index (χ4n) is 10.6. The van der Waals surface area contributed by atoms with Gasteiger partial charge in [-0.2, -0.15) is 0 Å². The quantitative estimate of drug-likeness (QED) is 0.426. The largest absolute Gasteiger partial charge is 0.481 e. The van der Waals surface area contributed by atoms with Crippen LogP contribution < -0.4 is 5.73 Å². The second-order valence-corrected chi connectivity index (χ2v) is 14.7. The number of aliphatic hydroxyl groups is 1. The van der Waals surface area contributed by atoms with Crippen molar-refractivity contribution in [2.45, 2.75) is 117 Å². The molecule has 0 aliphatic heterocycles. The van der Waals surface area contributed by atoms with Gasteiger partial charge in [-0.25, -0.2) is 0 Å². The van der Waals surface area contributed by atoms with E-state index in [0.29, 0.717) is 30.6 Å². The van der Waals surface area contributed by atoms with E-state index in [1.54, 1.807) is 0 Å². The number of carboxylic acid groups (broad SMARTS) is 1. The standard InChI is InChI=1S/C29H47NO3/c1-24(2)15-16-28(23(32)33)14-9-18-19(29(28,30)17-24)7-8-21-26(18,5)12-10-20-25(3,4)22(31)11-13-27(20,21)6/h7,18,20-22,31H,8-17,30H2,1-6H3,(H,32,33)/t18?,20?,21?,22-,26-,27-,28-,29+/m0/s1. The minimum Gasteiger partial charge on any atom is -0.481 e. The monoisotopic (exact) mass is 457 g/mol. The summed E-state index contributed by atoms with van der Waals surface area (Å²) in [6, 6.07) is 0. The van der Waals surface area contributed by atoms with Gasteiger partial charge in [-0.1, -0.05) is 47.6 Å². The van der Waals surface area contributed by atoms with Gasteiger partial charge in [0.05, 0.1) is 17.1 Å². The molecule has 4 fully saturated rings. The molecule has 4 heteroatoms. The normalized spacial score (nSPS) is 52.4. The molecule has 5 aliphatic rings. The summed E-state index contributed by atoms with van der Waals surface area (Å²) in [6.07, 6.45) is 11.6. The number of carbonyl (C=O) groups is 1. The van der Waals surface area contributed by atoms with Crippen LogP contribution >= 0.6 is 0 Å². The molecule has 8 atom stereocenters. The lowest BCUT2D eigenvalue weighted by atomic mass is 9.36. The number of allylic oxidation sites excluding steroid dienone is 1. The Morgan fingerprint density at radius 1 is 0.909 bits per heavy atom. The van der Waals surface area contributed by atoms with Gasteiger partial charge in [-0.15, -0.1) is 0 Å². The Hall–Kier alpha value is -0.870. The highest BCUT2D eigenvalue weighted by atomic mass is 16.4. The highest BCUT2D eigenvalue weighted by Crippen LogP contribution is 2.72. The van der Waals surface area contributed by atoms with Gasteiger partial charge >= 0.3 is 5.97 Å². The number of hydrogen-bond acceptors (Lipinski definition) is 3. The van der Waals surface area contributed by atoms with Crippen molar-refractivity contribution in [3.63, 3.8) is 0 Å². The van der Waals surface area contributed by atoms with Crippen molar-refractivity contribution < 1.29 is 15.0 Å². The van der Waals surface area contributed by atoms with E-state index in [2.05, 4.69) is 47.6 Å². The van der Waals surface area contributed by atoms with Crippen LogP contribution in [0.1, 0.15) is 106 Å². The van der Waals surface area contributed by atoms with Crippen molar-refractivity contribution in [3.05, 3.63) is 11.6 Å². The fraction of sp³-hybridized carbons (Fsp3) is 0.897. The van der Waals surface area contributed by atoms with Crippen LogP contribution in [0.4, 0.5) is 0 Å². The van der Waals surface area contributed by atoms with E-state index in [9.17, 15) is 15.0 Å². The minimum absolute atomic E-state index is 0.0498. The van der Waals surface area contributed by atoms with Crippen LogP contribution in [-0.4, -0.2) is 27.8 Å². The average molecular weight is 458 g/mol. The second-order valence-electron chi connectivity index (χ2n) is 14.7. The molecule has 0 bridgehead atoms. The molecular weight excluding hydrogens is 410 g/mol. The predicted molar refractivity (Wildman–Crippen MR) is 131 cm³/mol. The summed E-state index contributed by atoms with van der Waals surface area (Å²) < 4.78 is 0. The van der Waals surface area contributed by atoms with E-state index in [1.165, 1.54) is 5.57 Å². The van der Waals surface area contributed by atoms with Crippen molar-refractivity contribution in [2.75, 3.05) is 0 Å². The smallest absolute Gasteiger partial charge is 0.311 e. The summed E-state index contributed by atoms with van der Waals surface area (Å²) in [5, 5.41) is 21.3. The molecule has 0 amide bonds. The summed E-state index contributed by atoms with van der Waals surface area (Å²) in [7, 11) is 0. The van der Waals surface area contributed by atoms with Crippen molar-refractivity contribution >= 4 is 5.97 Å². The van der Waals surface area contributed by atoms with Crippen molar-refractivity contribution in [2.24, 2.45) is 50.6 Å². The van der Waals surface area contributed by atoms with Gasteiger partial charge in [-0.05, 0) is 109 Å². The lowest BCUT2D eigenvalue weighted by Crippen LogP contribution is -2.70. The molecule has 4 saturated carbocycles. The molecule has 5 rings (SSSR count). The number of nitrogens with two attached hydrogens (primary N) is 1. The maximum Gasteiger partial charge on any atom is 0.311 e. The first-order chi connectivity index (χ1) is 15.1. The highest BCUT2D eigenvalue weighted by Gasteiger charge is 2.69. The van der Waals surface area contributed by atoms with Crippen molar-refractivity contribution in [1.82, 2.24) is 0 Å². The lowest BCUT2D eigenvalue weighted by molar-refractivity contribution is -0.190. The first kappa shape index (κ1) is 23.9. The van der Waals surface area contributed by atoms with Crippen LogP contribution in [0.5, 0.6) is 0 Å². The molecular formula is C29H47NO3. The minimum atomic E-state index is -0.813. The lowest BCUT2D eigenvalue weighted by Gasteiger charge is -2.69. The maximum atomic E-state index is 12.8. The first-order valence-electron chi connectivity index (χ1n) is 13.6. The Morgan fingerprint density at radius 2 is 1.58 bits per heavy atom. The van der Waals surface area contributed by atoms with Crippen LogP contribution in [0.3, 0.4) is 0 Å². The third kappa shape index (κ3) is 2.86. The Morgan fingerprint density at radius 3 is 2.24 bits per heavy atom. The van der Waals surface area contributed by atoms with E-state index in [4.69, 9.17) is 5.73 Å². The molecule has 4 N–H and O–H groups in total. The Labute approximate surface area is 200 Å². The summed E-state index contributed by atoms with van der Waals surface area (Å²) >= 11 is 0. The first-order valence-corrected chi connectivity index (χ1v) is 13.6. The Balaban J connectivity index is 1.59. The molecule has 186 valence electrons. The zero-order valence-corrected chi connectivity index (χ0v) is 21.8. The summed E-state index contributed by atoms with van der Waals surface area (Å²) in [5.41, 5.74) is 7.49. The fourth-order valence-corrected chi connectivity index (χ4v) is 10.6. The molecule has 0 radical (unpaired) electrons. The average Bonchev–Trinajstić information content (AvgIpc) is 2.69. The molecule has 0 aromatic rings. The number of fused-ring (bicyclic) bond motifs is 7. The van der Waals surface area contributed by atoms with Gasteiger partial charge in [0, 0.05) is 0 Å². The molecule has 5 aliphatic carbocycles. The Kier molecular flexibility index (Phi) is 4.97. The number of hydrogen-bond donors (Lipinski definition) is 3. The zero-order chi connectivity index (χ0) is 24.2. The van der Waals surface area contributed by atoms with E-state index < -0.39 is 16.9 Å². The van der Waals surface area contributed by atoms with Gasteiger partial charge in [0.15, 0.2) is 0 Å². The highest BCUT2D eigenvalue weighted by molar-refractivity contribution is 5.79. The zero-order valence-electron chi connectivity index (χ0n) is 21.8. The summed E-state index contributed by atoms with van der Waals surface area (Å²) in [6.45, 7) is 14.1. The molecule has 0 saturated heterocycles. The third-order valence-electron chi connectivity index (χ3n) is 12.4. The predicted octanol–water partition coefficient (Wildman–Crippen LogP) is 5.92. The van der Waals surface area contributed by atoms with E-state index in [0.717, 1.165) is 51.4 Å². The molecule has 33 heavy (non-hydrogen) atoms. The van der Waals surface area contributed by atoms with E-state index in [-0.39, 0.29) is 27.8 Å². The summed E-state index contributed by atoms with van der Waals surface area (Å²) in [4.78, 5) is 12.8. The maximum absolute atomic E-state index is 12.8. The molecule has 0 heterocycles. The third-order valence-corrected chi connectivity index (χ3v) is 12.4. The van der Waals surface area contributed by atoms with Crippen molar-refractivity contribution in [1.29, 1.82) is 0 Å². The van der Waals surface area contributed by atoms with Gasteiger partial charge in [0.2, 0.25) is 0 Å². The summed E-state index contributed by atoms with van der Waals surface area (Å²) in [5.74, 6) is 0.812. The topological polar surface area (TPSA) is 83.5 Å². The van der Waals surface area contributed by atoms with Crippen LogP contribution in [0, 0.1) is 44.8 Å². The number of rotatable bonds is 1. The molecule has 0 spiro atoms. The second kappa shape index (κ2) is 6.87. The van der Waals surface area contributed by atoms with Crippen molar-refractivity contribution in [3.8, 4) is 0 Å². The number of aliphatic hydroxyl groups excluding tert-OH is 1. The molecule has 0 aromatic carbocycles. The molecule has 3 unspecified atom stereocenters. The van der Waals surface area contributed by atoms with E-state index >= 15 is 0 Å². The van der Waals surface area contributed by atoms with Gasteiger partial charge in [0.1, 0.15) is 0 Å². The SMILES string of the molecule is CC1(C)CC[C@]2(C(=O)O)CCC3C(=CCC4[C@@]3(C)CCC3C(C)(C)[C@@H](O)CC[C@@]34C)[C@]2(N)C1. The Bertz CT molecular complexity index is 891. The van der Waals surface area contributed by atoms with E-state index in [1.807, 2.05) is 0 Å². The van der Waals surface area contributed by atoms with Crippen LogP contribution in [-0.2, 0) is 4.79 Å². The van der Waals surface area contributed by atoms with Gasteiger partial charge in [0.25, 0.3) is 0 Å². The molecule has 0 aromatic heterocycles. The van der Waals surface area contributed by atoms with Gasteiger partial charge in [-0.3, -0.25) is 4.79 Å². The molecule has 4 nitrogen and oxygen atoms in total. The van der Waals surface area contributed by atoms with Crippen LogP contribution in [0.25, 0.3) is 0 Å². The van der Waals surface area contributed by atoms with Crippen LogP contribution in [0.15, 0.2) is 11.6 Å².